The van der Waals surface area contributed by atoms with Gasteiger partial charge in [0.25, 0.3) is 0 Å². The lowest BCUT2D eigenvalue weighted by Gasteiger charge is -2.33. The summed E-state index contributed by atoms with van der Waals surface area (Å²) in [4.78, 5) is 0. The minimum absolute atomic E-state index is 0.0112. The largest absolute Gasteiger partial charge is 0.134 e. The van der Waals surface area contributed by atoms with Crippen LogP contribution in [0.2, 0.25) is 0 Å². The summed E-state index contributed by atoms with van der Waals surface area (Å²) in [6.45, 7) is 9.18. The number of aryl methyl sites for hydroxylation is 2. The number of hydrogen-bond acceptors (Lipinski definition) is 2. The van der Waals surface area contributed by atoms with Crippen molar-refractivity contribution in [2.24, 2.45) is 0 Å². The fourth-order valence-corrected chi connectivity index (χ4v) is 16.4. The quantitative estimate of drug-likeness (QED) is 0.0708. The Morgan fingerprint density at radius 2 is 0.722 bits per heavy atom. The molecule has 0 spiro atoms. The molecule has 1 aliphatic carbocycles. The molecule has 2 aromatic heterocycles. The maximum atomic E-state index is 2.67. The van der Waals surface area contributed by atoms with Crippen LogP contribution in [-0.4, -0.2) is 0 Å². The number of fused-ring (bicyclic) bond motifs is 10. The van der Waals surface area contributed by atoms with E-state index in [0.29, 0.717) is 0 Å². The zero-order valence-electron chi connectivity index (χ0n) is 46.7. The van der Waals surface area contributed by atoms with Gasteiger partial charge in [-0.05, 0) is 186 Å². The maximum absolute atomic E-state index is 2.67. The van der Waals surface area contributed by atoms with Crippen molar-refractivity contribution in [2.75, 3.05) is 0 Å². The second kappa shape index (κ2) is 22.2. The first-order valence-electron chi connectivity index (χ1n) is 29.7. The summed E-state index contributed by atoms with van der Waals surface area (Å²) in [7, 11) is 0. The van der Waals surface area contributed by atoms with Gasteiger partial charge in [0.2, 0.25) is 0 Å². The van der Waals surface area contributed by atoms with Crippen molar-refractivity contribution in [1.82, 2.24) is 0 Å². The highest BCUT2D eigenvalue weighted by Gasteiger charge is 2.42. The van der Waals surface area contributed by atoms with Gasteiger partial charge in [-0.2, -0.15) is 0 Å². The Bertz CT molecular complexity index is 4090. The van der Waals surface area contributed by atoms with Crippen molar-refractivity contribution in [3.8, 4) is 66.8 Å². The van der Waals surface area contributed by atoms with Gasteiger partial charge in [-0.15, -0.1) is 22.7 Å². The van der Waals surface area contributed by atoms with Crippen LogP contribution < -0.4 is 0 Å². The molecule has 79 heavy (non-hydrogen) atoms. The Morgan fingerprint density at radius 3 is 1.32 bits per heavy atom. The summed E-state index contributed by atoms with van der Waals surface area (Å²) in [5, 5.41) is 7.79. The molecule has 13 rings (SSSR count). The molecule has 0 fully saturated rings. The molecule has 0 amide bonds. The van der Waals surface area contributed by atoms with Crippen molar-refractivity contribution in [3.05, 3.63) is 216 Å². The first kappa shape index (κ1) is 51.3. The molecule has 0 radical (unpaired) electrons. The van der Waals surface area contributed by atoms with E-state index in [2.05, 4.69) is 222 Å². The molecule has 2 heterocycles. The second-order valence-corrected chi connectivity index (χ2v) is 25.3. The van der Waals surface area contributed by atoms with E-state index < -0.39 is 0 Å². The topological polar surface area (TPSA) is 0 Å². The van der Waals surface area contributed by atoms with Crippen molar-refractivity contribution >= 4 is 73.8 Å². The molecular weight excluding hydrogens is 989 g/mol. The minimum atomic E-state index is -0.0112. The average molecular weight is 1060 g/mol. The van der Waals surface area contributed by atoms with Crippen LogP contribution in [0.1, 0.15) is 126 Å². The predicted molar refractivity (Wildman–Crippen MR) is 349 cm³/mol. The molecule has 2 heteroatoms. The number of hydrogen-bond donors (Lipinski definition) is 0. The molecular formula is C77H72S2. The Morgan fingerprint density at radius 1 is 0.304 bits per heavy atom. The molecule has 0 saturated heterocycles. The van der Waals surface area contributed by atoms with Crippen LogP contribution in [0.3, 0.4) is 0 Å². The number of benzene rings is 10. The van der Waals surface area contributed by atoms with Crippen LogP contribution in [0.5, 0.6) is 0 Å². The van der Waals surface area contributed by atoms with Crippen molar-refractivity contribution in [3.63, 3.8) is 0 Å². The van der Waals surface area contributed by atoms with Crippen LogP contribution in [0.4, 0.5) is 0 Å². The van der Waals surface area contributed by atoms with Gasteiger partial charge >= 0.3 is 0 Å². The molecule has 0 atom stereocenters. The summed E-state index contributed by atoms with van der Waals surface area (Å²) in [6, 6.07) is 75.4. The van der Waals surface area contributed by atoms with Gasteiger partial charge in [-0.3, -0.25) is 0 Å². The Balaban J connectivity index is 1.01. The van der Waals surface area contributed by atoms with Crippen LogP contribution in [0.15, 0.2) is 194 Å². The van der Waals surface area contributed by atoms with Gasteiger partial charge in [-0.1, -0.05) is 236 Å². The third kappa shape index (κ3) is 9.84. The zero-order valence-corrected chi connectivity index (χ0v) is 48.3. The lowest BCUT2D eigenvalue weighted by atomic mass is 9.70. The molecule has 0 aliphatic heterocycles. The predicted octanol–water partition coefficient (Wildman–Crippen LogP) is 24.3. The lowest BCUT2D eigenvalue weighted by molar-refractivity contribution is 0.398. The number of unbranched alkanes of at least 4 members (excludes halogenated alkanes) is 10. The average Bonchev–Trinajstić information content (AvgIpc) is 4.33. The monoisotopic (exact) mass is 1060 g/mol. The van der Waals surface area contributed by atoms with Crippen LogP contribution in [0, 0.1) is 13.8 Å². The van der Waals surface area contributed by atoms with E-state index in [4.69, 9.17) is 0 Å². The molecule has 0 N–H and O–H groups in total. The standard InChI is InChI=1S/C77H72S2/c1-5-7-9-11-13-19-39-77(40-20-14-12-10-8-6-2)71-41-51(3)31-35-67(71)68-37-33-55(49-72(68)77)57-43-58(56-34-38-70-74(50-56)79-75-69-36-32-52(4)42-73(69)78-76(70)75)45-59(44-57)60-46-61(65-29-21-25-53-23-15-17-27-63(53)65)48-62(47-60)66-30-22-26-54-24-16-18-28-64(54)66/h15-18,21-38,41-50H,5-14,19-20,39-40H2,1-4H3. The smallest absolute Gasteiger partial charge is 0.0542 e. The van der Waals surface area contributed by atoms with Crippen LogP contribution >= 0.6 is 22.7 Å². The molecule has 0 nitrogen and oxygen atoms in total. The molecule has 0 saturated carbocycles. The van der Waals surface area contributed by atoms with E-state index in [1.165, 1.54) is 219 Å². The zero-order chi connectivity index (χ0) is 53.5. The highest BCUT2D eigenvalue weighted by Crippen LogP contribution is 2.56. The first-order chi connectivity index (χ1) is 38.8. The molecule has 12 aromatic rings. The van der Waals surface area contributed by atoms with Crippen LogP contribution in [0.25, 0.3) is 118 Å². The summed E-state index contributed by atoms with van der Waals surface area (Å²) in [6.07, 6.45) is 18.2. The SMILES string of the molecule is CCCCCCCCC1(CCCCCCCC)c2cc(C)ccc2-c2ccc(-c3cc(-c4cc(-c5cccc6ccccc56)cc(-c5cccc6ccccc56)c4)cc(-c4ccc5c(c4)sc4c6ccc(C)cc6sc54)c3)cc21. The molecule has 0 bridgehead atoms. The number of thiophene rings is 2. The van der Waals surface area contributed by atoms with Crippen molar-refractivity contribution < 1.29 is 0 Å². The van der Waals surface area contributed by atoms with Gasteiger partial charge in [0, 0.05) is 25.6 Å². The normalized spacial score (nSPS) is 12.9. The maximum Gasteiger partial charge on any atom is 0.0542 e. The van der Waals surface area contributed by atoms with Gasteiger partial charge in [0.15, 0.2) is 0 Å². The number of rotatable bonds is 19. The second-order valence-electron chi connectivity index (χ2n) is 23.2. The lowest BCUT2D eigenvalue weighted by Crippen LogP contribution is -2.25. The van der Waals surface area contributed by atoms with Crippen molar-refractivity contribution in [2.45, 2.75) is 123 Å². The highest BCUT2D eigenvalue weighted by atomic mass is 32.1. The summed E-state index contributed by atoms with van der Waals surface area (Å²) < 4.78 is 5.55. The Labute approximate surface area is 476 Å². The highest BCUT2D eigenvalue weighted by molar-refractivity contribution is 7.36. The van der Waals surface area contributed by atoms with E-state index in [9.17, 15) is 0 Å². The summed E-state index contributed by atoms with van der Waals surface area (Å²) in [5.41, 5.74) is 21.2. The first-order valence-corrected chi connectivity index (χ1v) is 31.4. The molecule has 0 unspecified atom stereocenters. The minimum Gasteiger partial charge on any atom is -0.134 e. The van der Waals surface area contributed by atoms with E-state index in [0.717, 1.165) is 0 Å². The van der Waals surface area contributed by atoms with Gasteiger partial charge in [0.1, 0.15) is 0 Å². The van der Waals surface area contributed by atoms with Gasteiger partial charge in [-0.25, -0.2) is 0 Å². The molecule has 1 aliphatic rings. The Kier molecular flexibility index (Phi) is 14.4. The molecule has 392 valence electrons. The fourth-order valence-electron chi connectivity index (χ4n) is 13.6. The van der Waals surface area contributed by atoms with Crippen LogP contribution in [-0.2, 0) is 5.41 Å². The van der Waals surface area contributed by atoms with Crippen molar-refractivity contribution in [1.29, 1.82) is 0 Å². The molecule has 10 aromatic carbocycles. The summed E-state index contributed by atoms with van der Waals surface area (Å²) in [5.74, 6) is 0. The van der Waals surface area contributed by atoms with Gasteiger partial charge in [0.05, 0.1) is 9.40 Å². The third-order valence-electron chi connectivity index (χ3n) is 17.7. The van der Waals surface area contributed by atoms with E-state index >= 15 is 0 Å². The van der Waals surface area contributed by atoms with Gasteiger partial charge < -0.3 is 0 Å². The fraction of sp³-hybridized carbons (Fsp3) is 0.247. The van der Waals surface area contributed by atoms with E-state index in [1.54, 1.807) is 11.1 Å². The van der Waals surface area contributed by atoms with E-state index in [1.807, 2.05) is 22.7 Å². The van der Waals surface area contributed by atoms with E-state index in [-0.39, 0.29) is 5.41 Å². The summed E-state index contributed by atoms with van der Waals surface area (Å²) >= 11 is 3.90. The third-order valence-corrected chi connectivity index (χ3v) is 20.2. The Hall–Kier alpha value is -7.10.